The van der Waals surface area contributed by atoms with Crippen LogP contribution >= 0.6 is 0 Å². The van der Waals surface area contributed by atoms with E-state index in [0.29, 0.717) is 44.2 Å². The second-order valence-electron chi connectivity index (χ2n) is 13.9. The summed E-state index contributed by atoms with van der Waals surface area (Å²) in [7, 11) is 118. The fourth-order valence-electron chi connectivity index (χ4n) is 7.94. The van der Waals surface area contributed by atoms with Gasteiger partial charge in [-0.25, -0.2) is 0 Å². The monoisotopic (exact) mass is 676 g/mol. The Morgan fingerprint density at radius 1 is 0.281 bits per heavy atom. The van der Waals surface area contributed by atoms with Crippen LogP contribution in [0.2, 0.25) is 0 Å². The van der Waals surface area contributed by atoms with E-state index in [-0.39, 0.29) is 131 Å². The van der Waals surface area contributed by atoms with Crippen molar-refractivity contribution in [2.45, 2.75) is 0 Å². The normalized spacial score (nSPS) is 11.7. The van der Waals surface area contributed by atoms with Gasteiger partial charge in [0.1, 0.15) is 152 Å². The standard InChI is InChI=1S/C38H6B18O/c39-21-12(22(40)30(48)37(55)29(21)47)7-4-5-8-11(6-7)57-10-3-1-2-9(13(8)10)14-16-18(25(43)33(51)31(49)23(16)41)15(19-17(14)24(42)32(50)34(52)26(19)44)20-27(45)35(53)38(56)36(54)28(20)46/h1-6H. The fourth-order valence-corrected chi connectivity index (χ4v) is 7.94. The fraction of sp³-hybridized carbons (Fsp3) is 0. The van der Waals surface area contributed by atoms with Gasteiger partial charge in [0.05, 0.1) is 0 Å². The molecule has 0 bridgehead atoms. The maximum Gasteiger partial charge on any atom is 0.136 e. The highest BCUT2D eigenvalue weighted by Crippen LogP contribution is 2.44. The van der Waals surface area contributed by atoms with Crippen LogP contribution in [0.15, 0.2) is 40.8 Å². The molecule has 1 aromatic heterocycles. The van der Waals surface area contributed by atoms with Crippen molar-refractivity contribution in [3.8, 4) is 33.4 Å². The van der Waals surface area contributed by atoms with Crippen LogP contribution in [0.1, 0.15) is 0 Å². The van der Waals surface area contributed by atoms with Crippen molar-refractivity contribution in [2.24, 2.45) is 0 Å². The number of rotatable bonds is 3. The minimum Gasteiger partial charge on any atom is -0.456 e. The first kappa shape index (κ1) is 39.8. The second kappa shape index (κ2) is 13.8. The van der Waals surface area contributed by atoms with Crippen molar-refractivity contribution in [2.75, 3.05) is 0 Å². The van der Waals surface area contributed by atoms with E-state index in [2.05, 4.69) is 0 Å². The van der Waals surface area contributed by atoms with Gasteiger partial charge in [0.25, 0.3) is 0 Å². The average Bonchev–Trinajstić information content (AvgIpc) is 3.58. The van der Waals surface area contributed by atoms with Crippen molar-refractivity contribution < 1.29 is 4.42 Å². The van der Waals surface area contributed by atoms with E-state index >= 15 is 0 Å². The average molecular weight is 673 g/mol. The lowest BCUT2D eigenvalue weighted by Crippen LogP contribution is -2.55. The minimum absolute atomic E-state index is 0.00192. The number of benzene rings is 7. The molecule has 57 heavy (non-hydrogen) atoms. The molecule has 0 saturated carbocycles. The highest BCUT2D eigenvalue weighted by atomic mass is 16.3. The van der Waals surface area contributed by atoms with Gasteiger partial charge in [-0.3, -0.25) is 0 Å². The number of hydrogen-bond acceptors (Lipinski definition) is 1. The lowest BCUT2D eigenvalue weighted by molar-refractivity contribution is 0.669. The third-order valence-electron chi connectivity index (χ3n) is 11.0. The smallest absolute Gasteiger partial charge is 0.136 e. The zero-order valence-electron chi connectivity index (χ0n) is 30.3. The van der Waals surface area contributed by atoms with Gasteiger partial charge in [0.2, 0.25) is 0 Å². The Morgan fingerprint density at radius 3 is 1.09 bits per heavy atom. The molecule has 0 unspecified atom stereocenters. The molecule has 7 aromatic carbocycles. The molecule has 19 heteroatoms. The SMILES string of the molecule is [B]c1c([B])c([B])c(-c2ccc3c(c2)oc2cccc(-c4c5c([B])c([B])c([B])c([B])c5c(-c5c([B])c([B])c([B])c([B])c5[B])c5c([B])c([B])c([B])c([B])c45)c23)c([B])c1[B]. The number of hydrogen-bond donors (Lipinski definition) is 0. The molecule has 0 amide bonds. The molecule has 0 aliphatic rings. The van der Waals surface area contributed by atoms with E-state index in [1.165, 1.54) is 0 Å². The van der Waals surface area contributed by atoms with Crippen LogP contribution in [-0.4, -0.2) is 141 Å². The molecule has 0 aliphatic heterocycles. The third-order valence-corrected chi connectivity index (χ3v) is 11.0. The van der Waals surface area contributed by atoms with E-state index in [1.807, 2.05) is 12.1 Å². The van der Waals surface area contributed by atoms with Gasteiger partial charge in [-0.15, -0.1) is 54.6 Å². The van der Waals surface area contributed by atoms with Crippen LogP contribution in [0, 0.1) is 0 Å². The maximum atomic E-state index is 6.96. The summed E-state index contributed by atoms with van der Waals surface area (Å²) in [6.45, 7) is 0. The Hall–Kier alpha value is -3.97. The molecule has 0 aliphatic carbocycles. The van der Waals surface area contributed by atoms with Crippen molar-refractivity contribution in [1.29, 1.82) is 0 Å². The van der Waals surface area contributed by atoms with Crippen molar-refractivity contribution in [1.82, 2.24) is 0 Å². The molecule has 0 N–H and O–H groups in total. The van der Waals surface area contributed by atoms with Gasteiger partial charge in [0.15, 0.2) is 0 Å². The first-order valence-corrected chi connectivity index (χ1v) is 17.1. The molecule has 0 atom stereocenters. The van der Waals surface area contributed by atoms with Crippen LogP contribution < -0.4 is 98.3 Å². The Bertz CT molecular complexity index is 3030. The Balaban J connectivity index is 1.61. The first-order valence-electron chi connectivity index (χ1n) is 17.1. The van der Waals surface area contributed by atoms with E-state index in [4.69, 9.17) is 146 Å². The van der Waals surface area contributed by atoms with Crippen molar-refractivity contribution in [3.05, 3.63) is 36.4 Å². The summed E-state index contributed by atoms with van der Waals surface area (Å²) >= 11 is 0. The zero-order chi connectivity index (χ0) is 41.4. The molecule has 1 nitrogen and oxygen atoms in total. The topological polar surface area (TPSA) is 13.1 Å². The molecule has 1 heterocycles. The third kappa shape index (κ3) is 5.42. The molecule has 8 rings (SSSR count). The number of furan rings is 1. The Morgan fingerprint density at radius 2 is 0.649 bits per heavy atom. The van der Waals surface area contributed by atoms with Gasteiger partial charge in [-0.1, -0.05) is 61.9 Å². The predicted molar refractivity (Wildman–Crippen MR) is 262 cm³/mol. The summed E-state index contributed by atoms with van der Waals surface area (Å²) < 4.78 is 6.48. The molecule has 36 radical (unpaired) electrons. The van der Waals surface area contributed by atoms with Gasteiger partial charge in [-0.2, -0.15) is 0 Å². The highest BCUT2D eigenvalue weighted by Gasteiger charge is 2.28. The van der Waals surface area contributed by atoms with Gasteiger partial charge < -0.3 is 4.42 Å². The van der Waals surface area contributed by atoms with Gasteiger partial charge >= 0.3 is 0 Å². The molecule has 0 spiro atoms. The van der Waals surface area contributed by atoms with Gasteiger partial charge in [-0.05, 0) is 73.1 Å². The largest absolute Gasteiger partial charge is 0.456 e. The maximum absolute atomic E-state index is 6.96. The zero-order valence-corrected chi connectivity index (χ0v) is 30.3. The summed E-state index contributed by atoms with van der Waals surface area (Å²) in [6.07, 6.45) is 0. The summed E-state index contributed by atoms with van der Waals surface area (Å²) in [6, 6.07) is 10.8. The summed E-state index contributed by atoms with van der Waals surface area (Å²) in [5.74, 6) is 0. The van der Waals surface area contributed by atoms with Crippen molar-refractivity contribution >= 4 is 283 Å². The summed E-state index contributed by atoms with van der Waals surface area (Å²) in [5.41, 5.74) is 3.53. The van der Waals surface area contributed by atoms with Crippen LogP contribution in [-0.2, 0) is 0 Å². The lowest BCUT2D eigenvalue weighted by atomic mass is 9.56. The highest BCUT2D eigenvalue weighted by molar-refractivity contribution is 6.74. The molecule has 218 valence electrons. The van der Waals surface area contributed by atoms with Gasteiger partial charge in [0, 0.05) is 10.8 Å². The summed E-state index contributed by atoms with van der Waals surface area (Å²) in [4.78, 5) is 0. The van der Waals surface area contributed by atoms with Crippen LogP contribution in [0.5, 0.6) is 0 Å². The molecular formula is C38H6B18O. The van der Waals surface area contributed by atoms with Crippen LogP contribution in [0.4, 0.5) is 0 Å². The Kier molecular flexibility index (Phi) is 9.66. The van der Waals surface area contributed by atoms with E-state index in [9.17, 15) is 0 Å². The Labute approximate surface area is 355 Å². The van der Waals surface area contributed by atoms with Crippen LogP contribution in [0.3, 0.4) is 0 Å². The number of fused-ring (bicyclic) bond motifs is 5. The minimum atomic E-state index is -0.0474. The van der Waals surface area contributed by atoms with E-state index < -0.39 is 0 Å². The first-order chi connectivity index (χ1) is 26.8. The second-order valence-corrected chi connectivity index (χ2v) is 13.9. The van der Waals surface area contributed by atoms with E-state index in [1.54, 1.807) is 24.3 Å². The molecule has 8 aromatic rings. The summed E-state index contributed by atoms with van der Waals surface area (Å²) in [5, 5.41) is 2.31. The molecular weight excluding hydrogens is 667 g/mol. The molecule has 0 fully saturated rings. The van der Waals surface area contributed by atoms with Crippen molar-refractivity contribution in [3.63, 3.8) is 0 Å². The molecule has 0 saturated heterocycles. The predicted octanol–water partition coefficient (Wildman–Crippen LogP) is -10.8. The lowest BCUT2D eigenvalue weighted by Gasteiger charge is -2.31. The van der Waals surface area contributed by atoms with E-state index in [0.717, 1.165) is 0 Å². The quantitative estimate of drug-likeness (QED) is 0.134. The van der Waals surface area contributed by atoms with Crippen LogP contribution in [0.25, 0.3) is 76.9 Å².